The van der Waals surface area contributed by atoms with Gasteiger partial charge in [-0.1, -0.05) is 6.42 Å². The Hall–Kier alpha value is -2.23. The summed E-state index contributed by atoms with van der Waals surface area (Å²) in [6.45, 7) is 0. The summed E-state index contributed by atoms with van der Waals surface area (Å²) in [5, 5.41) is 0.720. The highest BCUT2D eigenvalue weighted by Gasteiger charge is 2.17. The standard InChI is InChI=1S/C16H16N2O2/c17-15-12-4-2-1-3-5-14(12)18-16-11(9-20)6-10(8-19)7-13(15)16/h6-9H,1-5H2,(H2,17,18). The minimum absolute atomic E-state index is 0.434. The van der Waals surface area contributed by atoms with Gasteiger partial charge in [-0.3, -0.25) is 14.6 Å². The minimum atomic E-state index is 0.434. The zero-order valence-electron chi connectivity index (χ0n) is 11.2. The van der Waals surface area contributed by atoms with Gasteiger partial charge in [-0.2, -0.15) is 0 Å². The number of nitrogens with zero attached hydrogens (tertiary/aromatic N) is 1. The molecule has 1 aromatic carbocycles. The van der Waals surface area contributed by atoms with E-state index in [9.17, 15) is 9.59 Å². The molecule has 1 aliphatic carbocycles. The third kappa shape index (κ3) is 1.97. The Morgan fingerprint density at radius 2 is 1.85 bits per heavy atom. The molecule has 0 fully saturated rings. The average molecular weight is 268 g/mol. The van der Waals surface area contributed by atoms with E-state index in [1.165, 1.54) is 6.42 Å². The van der Waals surface area contributed by atoms with Gasteiger partial charge in [0.15, 0.2) is 6.29 Å². The summed E-state index contributed by atoms with van der Waals surface area (Å²) in [5.74, 6) is 0. The fraction of sp³-hybridized carbons (Fsp3) is 0.312. The SMILES string of the molecule is Nc1c2c(nc3c(C=O)cc(C=O)cc13)CCCCC2. The largest absolute Gasteiger partial charge is 0.398 e. The van der Waals surface area contributed by atoms with Crippen molar-refractivity contribution in [2.75, 3.05) is 5.73 Å². The van der Waals surface area contributed by atoms with Crippen LogP contribution in [0.25, 0.3) is 10.9 Å². The van der Waals surface area contributed by atoms with Gasteiger partial charge in [0.05, 0.1) is 5.52 Å². The molecule has 0 aliphatic heterocycles. The first-order chi connectivity index (χ1) is 9.74. The van der Waals surface area contributed by atoms with Crippen molar-refractivity contribution in [3.63, 3.8) is 0 Å². The highest BCUT2D eigenvalue weighted by molar-refractivity contribution is 6.04. The van der Waals surface area contributed by atoms with Crippen LogP contribution >= 0.6 is 0 Å². The molecule has 3 rings (SSSR count). The highest BCUT2D eigenvalue weighted by atomic mass is 16.1. The van der Waals surface area contributed by atoms with Gasteiger partial charge in [0.2, 0.25) is 0 Å². The second-order valence-electron chi connectivity index (χ2n) is 5.25. The number of pyridine rings is 1. The summed E-state index contributed by atoms with van der Waals surface area (Å²) in [6.07, 6.45) is 6.69. The van der Waals surface area contributed by atoms with Crippen LogP contribution in [0.1, 0.15) is 51.2 Å². The van der Waals surface area contributed by atoms with Gasteiger partial charge < -0.3 is 5.73 Å². The molecule has 0 unspecified atom stereocenters. The maximum absolute atomic E-state index is 11.2. The van der Waals surface area contributed by atoms with Gasteiger partial charge in [0.1, 0.15) is 6.29 Å². The van der Waals surface area contributed by atoms with E-state index >= 15 is 0 Å². The normalized spacial score (nSPS) is 14.6. The van der Waals surface area contributed by atoms with Crippen LogP contribution in [0.5, 0.6) is 0 Å². The topological polar surface area (TPSA) is 73.0 Å². The molecule has 0 amide bonds. The van der Waals surface area contributed by atoms with Crippen molar-refractivity contribution in [1.82, 2.24) is 4.98 Å². The van der Waals surface area contributed by atoms with Crippen molar-refractivity contribution < 1.29 is 9.59 Å². The van der Waals surface area contributed by atoms with Gasteiger partial charge >= 0.3 is 0 Å². The van der Waals surface area contributed by atoms with E-state index in [4.69, 9.17) is 5.73 Å². The van der Waals surface area contributed by atoms with E-state index in [2.05, 4.69) is 4.98 Å². The number of hydrogen-bond donors (Lipinski definition) is 1. The lowest BCUT2D eigenvalue weighted by atomic mass is 9.99. The van der Waals surface area contributed by atoms with E-state index < -0.39 is 0 Å². The lowest BCUT2D eigenvalue weighted by molar-refractivity contribution is 0.112. The molecule has 0 radical (unpaired) electrons. The lowest BCUT2D eigenvalue weighted by Gasteiger charge is -2.13. The van der Waals surface area contributed by atoms with E-state index in [0.29, 0.717) is 22.3 Å². The summed E-state index contributed by atoms with van der Waals surface area (Å²) in [4.78, 5) is 26.9. The number of aldehydes is 2. The Bertz CT molecular complexity index is 707. The smallest absolute Gasteiger partial charge is 0.152 e. The van der Waals surface area contributed by atoms with Gasteiger partial charge in [0.25, 0.3) is 0 Å². The Kier molecular flexibility index (Phi) is 3.22. The Labute approximate surface area is 117 Å². The number of fused-ring (bicyclic) bond motifs is 2. The summed E-state index contributed by atoms with van der Waals surface area (Å²) >= 11 is 0. The Balaban J connectivity index is 2.37. The number of benzene rings is 1. The first-order valence-corrected chi connectivity index (χ1v) is 6.90. The molecule has 1 aliphatic rings. The number of rotatable bonds is 2. The second-order valence-corrected chi connectivity index (χ2v) is 5.25. The molecule has 102 valence electrons. The Morgan fingerprint density at radius 1 is 1.05 bits per heavy atom. The van der Waals surface area contributed by atoms with Crippen molar-refractivity contribution in [3.05, 3.63) is 34.5 Å². The summed E-state index contributed by atoms with van der Waals surface area (Å²) in [7, 11) is 0. The zero-order chi connectivity index (χ0) is 14.1. The van der Waals surface area contributed by atoms with Crippen molar-refractivity contribution >= 4 is 29.2 Å². The predicted octanol–water partition coefficient (Wildman–Crippen LogP) is 2.71. The number of nitrogens with two attached hydrogens (primary N) is 1. The number of carbonyl (C=O) groups excluding carboxylic acids is 2. The van der Waals surface area contributed by atoms with Crippen LogP contribution in [0.4, 0.5) is 5.69 Å². The van der Waals surface area contributed by atoms with Gasteiger partial charge in [-0.15, -0.1) is 0 Å². The van der Waals surface area contributed by atoms with Crippen molar-refractivity contribution in [2.45, 2.75) is 32.1 Å². The number of hydrogen-bond acceptors (Lipinski definition) is 4. The minimum Gasteiger partial charge on any atom is -0.398 e. The maximum atomic E-state index is 11.2. The third-order valence-corrected chi connectivity index (χ3v) is 3.98. The van der Waals surface area contributed by atoms with Crippen LogP contribution in [0.2, 0.25) is 0 Å². The summed E-state index contributed by atoms with van der Waals surface area (Å²) in [6, 6.07) is 3.29. The van der Waals surface area contributed by atoms with Crippen LogP contribution < -0.4 is 5.73 Å². The first-order valence-electron chi connectivity index (χ1n) is 6.90. The number of carbonyl (C=O) groups is 2. The van der Waals surface area contributed by atoms with E-state index in [-0.39, 0.29) is 0 Å². The highest BCUT2D eigenvalue weighted by Crippen LogP contribution is 2.32. The number of anilines is 1. The first kappa shape index (κ1) is 12.8. The molecular formula is C16H16N2O2. The van der Waals surface area contributed by atoms with Crippen LogP contribution in [-0.2, 0) is 12.8 Å². The maximum Gasteiger partial charge on any atom is 0.152 e. The molecular weight excluding hydrogens is 252 g/mol. The number of aryl methyl sites for hydroxylation is 1. The van der Waals surface area contributed by atoms with Gasteiger partial charge in [-0.25, -0.2) is 0 Å². The lowest BCUT2D eigenvalue weighted by Crippen LogP contribution is -2.05. The fourth-order valence-electron chi connectivity index (χ4n) is 2.95. The molecule has 0 saturated heterocycles. The van der Waals surface area contributed by atoms with Gasteiger partial charge in [-0.05, 0) is 43.4 Å². The quantitative estimate of drug-likeness (QED) is 0.671. The van der Waals surface area contributed by atoms with E-state index in [1.807, 2.05) is 0 Å². The van der Waals surface area contributed by atoms with E-state index in [0.717, 1.165) is 54.9 Å². The zero-order valence-corrected chi connectivity index (χ0v) is 11.2. The molecule has 2 aromatic rings. The Morgan fingerprint density at radius 3 is 2.60 bits per heavy atom. The summed E-state index contributed by atoms with van der Waals surface area (Å²) < 4.78 is 0. The molecule has 4 heteroatoms. The predicted molar refractivity (Wildman–Crippen MR) is 78.2 cm³/mol. The summed E-state index contributed by atoms with van der Waals surface area (Å²) in [5.41, 5.74) is 10.6. The molecule has 20 heavy (non-hydrogen) atoms. The second kappa shape index (κ2) is 5.04. The average Bonchev–Trinajstić information content (AvgIpc) is 2.72. The molecule has 0 saturated carbocycles. The van der Waals surface area contributed by atoms with Crippen LogP contribution in [-0.4, -0.2) is 17.6 Å². The molecule has 0 spiro atoms. The van der Waals surface area contributed by atoms with Gasteiger partial charge in [0, 0.05) is 27.9 Å². The number of aromatic nitrogens is 1. The molecule has 4 nitrogen and oxygen atoms in total. The molecule has 2 N–H and O–H groups in total. The number of nitrogen functional groups attached to an aromatic ring is 1. The monoisotopic (exact) mass is 268 g/mol. The molecule has 1 aromatic heterocycles. The molecule has 0 atom stereocenters. The van der Waals surface area contributed by atoms with Crippen LogP contribution in [0.3, 0.4) is 0 Å². The van der Waals surface area contributed by atoms with Crippen molar-refractivity contribution in [3.8, 4) is 0 Å². The van der Waals surface area contributed by atoms with Crippen molar-refractivity contribution in [1.29, 1.82) is 0 Å². The molecule has 1 heterocycles. The van der Waals surface area contributed by atoms with Crippen LogP contribution in [0, 0.1) is 0 Å². The van der Waals surface area contributed by atoms with E-state index in [1.54, 1.807) is 12.1 Å². The van der Waals surface area contributed by atoms with Crippen LogP contribution in [0.15, 0.2) is 12.1 Å². The van der Waals surface area contributed by atoms with Crippen molar-refractivity contribution in [2.24, 2.45) is 0 Å². The third-order valence-electron chi connectivity index (χ3n) is 3.98. The fourth-order valence-corrected chi connectivity index (χ4v) is 2.95. The molecule has 0 bridgehead atoms.